The van der Waals surface area contributed by atoms with Crippen molar-refractivity contribution in [2.75, 3.05) is 0 Å². The largest absolute Gasteiger partial charge is 0.347 e. The Labute approximate surface area is 78.9 Å². The molecule has 0 aromatic rings. The number of carbonyl (C=O) groups excluding carboxylic acids is 2. The average Bonchev–Trinajstić information content (AvgIpc) is 2.19. The summed E-state index contributed by atoms with van der Waals surface area (Å²) in [7, 11) is 0. The predicted molar refractivity (Wildman–Crippen MR) is 50.2 cm³/mol. The molecular formula is C10H17NO2. The molecule has 0 aromatic heterocycles. The predicted octanol–water partition coefficient (Wildman–Crippen LogP) is 1.27. The van der Waals surface area contributed by atoms with Crippen LogP contribution < -0.4 is 5.32 Å². The van der Waals surface area contributed by atoms with Gasteiger partial charge in [-0.15, -0.1) is 0 Å². The Balaban J connectivity index is 2.32. The van der Waals surface area contributed by atoms with Crippen molar-refractivity contribution in [3.8, 4) is 0 Å². The van der Waals surface area contributed by atoms with Crippen molar-refractivity contribution in [1.82, 2.24) is 5.32 Å². The lowest BCUT2D eigenvalue weighted by molar-refractivity contribution is -0.128. The smallest absolute Gasteiger partial charge is 0.223 e. The highest BCUT2D eigenvalue weighted by Crippen LogP contribution is 2.23. The Hall–Kier alpha value is -0.860. The summed E-state index contributed by atoms with van der Waals surface area (Å²) in [6.07, 6.45) is 6.27. The monoisotopic (exact) mass is 183 g/mol. The first-order chi connectivity index (χ1) is 6.24. The van der Waals surface area contributed by atoms with E-state index < -0.39 is 0 Å². The number of hydrogen-bond donors (Lipinski definition) is 1. The van der Waals surface area contributed by atoms with Crippen LogP contribution in [0.25, 0.3) is 0 Å². The third-order valence-electron chi connectivity index (χ3n) is 2.55. The van der Waals surface area contributed by atoms with E-state index in [4.69, 9.17) is 0 Å². The summed E-state index contributed by atoms with van der Waals surface area (Å²) in [5.41, 5.74) is 0. The number of aldehydes is 1. The second-order valence-corrected chi connectivity index (χ2v) is 3.77. The molecule has 1 amide bonds. The van der Waals surface area contributed by atoms with Crippen LogP contribution in [0.3, 0.4) is 0 Å². The molecule has 3 heteroatoms. The first kappa shape index (κ1) is 10.2. The zero-order valence-electron chi connectivity index (χ0n) is 8.08. The summed E-state index contributed by atoms with van der Waals surface area (Å²) < 4.78 is 0. The van der Waals surface area contributed by atoms with Crippen LogP contribution in [-0.4, -0.2) is 18.2 Å². The van der Waals surface area contributed by atoms with Gasteiger partial charge in [0.2, 0.25) is 5.91 Å². The zero-order chi connectivity index (χ0) is 9.68. The van der Waals surface area contributed by atoms with Gasteiger partial charge < -0.3 is 10.1 Å². The Kier molecular flexibility index (Phi) is 3.93. The molecule has 1 unspecified atom stereocenters. The molecule has 1 rings (SSSR count). The number of nitrogens with one attached hydrogen (secondary N) is 1. The Morgan fingerprint density at radius 2 is 2.00 bits per heavy atom. The fraction of sp³-hybridized carbons (Fsp3) is 0.800. The summed E-state index contributed by atoms with van der Waals surface area (Å²) in [6.45, 7) is 1.70. The standard InChI is InChI=1S/C10H17NO2/c1-8(7-12)11-10(13)9-5-3-2-4-6-9/h7-9H,2-6H2,1H3,(H,11,13). The Bertz CT molecular complexity index is 185. The molecule has 0 spiro atoms. The normalized spacial score (nSPS) is 20.7. The van der Waals surface area contributed by atoms with Gasteiger partial charge in [0.05, 0.1) is 6.04 Å². The van der Waals surface area contributed by atoms with Gasteiger partial charge in [0, 0.05) is 5.92 Å². The number of rotatable bonds is 3. The Morgan fingerprint density at radius 1 is 1.38 bits per heavy atom. The minimum absolute atomic E-state index is 0.0549. The van der Waals surface area contributed by atoms with Crippen LogP contribution in [0.4, 0.5) is 0 Å². The molecule has 1 atom stereocenters. The molecule has 0 aromatic carbocycles. The van der Waals surface area contributed by atoms with Crippen molar-refractivity contribution in [1.29, 1.82) is 0 Å². The maximum Gasteiger partial charge on any atom is 0.223 e. The van der Waals surface area contributed by atoms with E-state index in [-0.39, 0.29) is 17.9 Å². The summed E-state index contributed by atoms with van der Waals surface area (Å²) in [6, 6.07) is -0.338. The number of carbonyl (C=O) groups is 2. The summed E-state index contributed by atoms with van der Waals surface area (Å²) >= 11 is 0. The highest BCUT2D eigenvalue weighted by Gasteiger charge is 2.21. The molecule has 1 aliphatic carbocycles. The van der Waals surface area contributed by atoms with Crippen LogP contribution in [0.5, 0.6) is 0 Å². The third-order valence-corrected chi connectivity index (χ3v) is 2.55. The summed E-state index contributed by atoms with van der Waals surface area (Å²) in [5.74, 6) is 0.204. The minimum atomic E-state index is -0.338. The van der Waals surface area contributed by atoms with Crippen molar-refractivity contribution >= 4 is 12.2 Å². The SMILES string of the molecule is CC(C=O)NC(=O)C1CCCCC1. The molecule has 0 bridgehead atoms. The maximum absolute atomic E-state index is 11.5. The van der Waals surface area contributed by atoms with Crippen LogP contribution in [0, 0.1) is 5.92 Å². The van der Waals surface area contributed by atoms with Gasteiger partial charge in [-0.1, -0.05) is 19.3 Å². The summed E-state index contributed by atoms with van der Waals surface area (Å²) in [4.78, 5) is 21.8. The topological polar surface area (TPSA) is 46.2 Å². The third kappa shape index (κ3) is 3.17. The second kappa shape index (κ2) is 5.00. The van der Waals surface area contributed by atoms with Crippen molar-refractivity contribution in [3.63, 3.8) is 0 Å². The van der Waals surface area contributed by atoms with Crippen LogP contribution >= 0.6 is 0 Å². The molecule has 74 valence electrons. The first-order valence-corrected chi connectivity index (χ1v) is 4.99. The lowest BCUT2D eigenvalue weighted by Gasteiger charge is -2.21. The number of amides is 1. The van der Waals surface area contributed by atoms with Gasteiger partial charge in [-0.2, -0.15) is 0 Å². The van der Waals surface area contributed by atoms with Gasteiger partial charge in [-0.05, 0) is 19.8 Å². The second-order valence-electron chi connectivity index (χ2n) is 3.77. The van der Waals surface area contributed by atoms with Gasteiger partial charge in [0.25, 0.3) is 0 Å². The van der Waals surface area contributed by atoms with Gasteiger partial charge in [-0.25, -0.2) is 0 Å². The van der Waals surface area contributed by atoms with E-state index in [0.717, 1.165) is 32.0 Å². The molecule has 1 fully saturated rings. The van der Waals surface area contributed by atoms with E-state index >= 15 is 0 Å². The molecule has 0 radical (unpaired) electrons. The molecule has 1 aliphatic rings. The number of hydrogen-bond acceptors (Lipinski definition) is 2. The average molecular weight is 183 g/mol. The first-order valence-electron chi connectivity index (χ1n) is 4.99. The highest BCUT2D eigenvalue weighted by atomic mass is 16.2. The molecule has 13 heavy (non-hydrogen) atoms. The van der Waals surface area contributed by atoms with E-state index in [1.54, 1.807) is 6.92 Å². The lowest BCUT2D eigenvalue weighted by Crippen LogP contribution is -2.38. The minimum Gasteiger partial charge on any atom is -0.347 e. The lowest BCUT2D eigenvalue weighted by atomic mass is 9.88. The van der Waals surface area contributed by atoms with E-state index in [1.165, 1.54) is 6.42 Å². The molecular weight excluding hydrogens is 166 g/mol. The van der Waals surface area contributed by atoms with Gasteiger partial charge in [0.15, 0.2) is 0 Å². The quantitative estimate of drug-likeness (QED) is 0.670. The van der Waals surface area contributed by atoms with Gasteiger partial charge >= 0.3 is 0 Å². The van der Waals surface area contributed by atoms with E-state index in [1.807, 2.05) is 0 Å². The van der Waals surface area contributed by atoms with Crippen LogP contribution in [0.1, 0.15) is 39.0 Å². The van der Waals surface area contributed by atoms with E-state index in [2.05, 4.69) is 5.32 Å². The Morgan fingerprint density at radius 3 is 2.54 bits per heavy atom. The van der Waals surface area contributed by atoms with Crippen molar-refractivity contribution < 1.29 is 9.59 Å². The van der Waals surface area contributed by atoms with Crippen LogP contribution in [0.2, 0.25) is 0 Å². The molecule has 0 heterocycles. The molecule has 1 saturated carbocycles. The highest BCUT2D eigenvalue weighted by molar-refractivity contribution is 5.81. The zero-order valence-corrected chi connectivity index (χ0v) is 8.08. The van der Waals surface area contributed by atoms with E-state index in [9.17, 15) is 9.59 Å². The molecule has 0 saturated heterocycles. The molecule has 0 aliphatic heterocycles. The summed E-state index contributed by atoms with van der Waals surface area (Å²) in [5, 5.41) is 2.69. The van der Waals surface area contributed by atoms with Gasteiger partial charge in [0.1, 0.15) is 6.29 Å². The van der Waals surface area contributed by atoms with Crippen molar-refractivity contribution in [2.45, 2.75) is 45.1 Å². The van der Waals surface area contributed by atoms with Crippen LogP contribution in [-0.2, 0) is 9.59 Å². The van der Waals surface area contributed by atoms with Crippen molar-refractivity contribution in [3.05, 3.63) is 0 Å². The molecule has 3 nitrogen and oxygen atoms in total. The molecule has 1 N–H and O–H groups in total. The fourth-order valence-electron chi connectivity index (χ4n) is 1.74. The maximum atomic E-state index is 11.5. The van der Waals surface area contributed by atoms with Crippen molar-refractivity contribution in [2.24, 2.45) is 5.92 Å². The van der Waals surface area contributed by atoms with Gasteiger partial charge in [-0.3, -0.25) is 4.79 Å². The fourth-order valence-corrected chi connectivity index (χ4v) is 1.74. The van der Waals surface area contributed by atoms with E-state index in [0.29, 0.717) is 0 Å². The van der Waals surface area contributed by atoms with Crippen LogP contribution in [0.15, 0.2) is 0 Å².